The highest BCUT2D eigenvalue weighted by Gasteiger charge is 2.29. The molecule has 4 rings (SSSR count). The third-order valence-corrected chi connectivity index (χ3v) is 7.76. The van der Waals surface area contributed by atoms with E-state index in [1.54, 1.807) is 0 Å². The minimum atomic E-state index is -2.98. The van der Waals surface area contributed by atoms with Crippen molar-refractivity contribution in [2.75, 3.05) is 18.1 Å². The van der Waals surface area contributed by atoms with Crippen molar-refractivity contribution >= 4 is 38.2 Å². The fraction of sp³-hybridized carbons (Fsp3) is 0.318. The average Bonchev–Trinajstić information content (AvgIpc) is 3.26. The first-order valence-corrected chi connectivity index (χ1v) is 11.9. The normalized spacial score (nSPS) is 19.3. The fourth-order valence-electron chi connectivity index (χ4n) is 4.11. The number of fused-ring (bicyclic) bond motifs is 1. The van der Waals surface area contributed by atoms with Gasteiger partial charge in [0, 0.05) is 41.0 Å². The Morgan fingerprint density at radius 1 is 1.14 bits per heavy atom. The Hall–Kier alpha value is -2.31. The molecule has 2 N–H and O–H groups in total. The summed E-state index contributed by atoms with van der Waals surface area (Å²) in [5, 5.41) is 4.75. The number of amides is 1. The number of nitrogens with one attached hydrogen (secondary N) is 2. The van der Waals surface area contributed by atoms with Crippen molar-refractivity contribution in [1.82, 2.24) is 10.3 Å². The topological polar surface area (TPSA) is 79.0 Å². The van der Waals surface area contributed by atoms with Crippen molar-refractivity contribution in [3.8, 4) is 0 Å². The van der Waals surface area contributed by atoms with Gasteiger partial charge in [0.15, 0.2) is 9.84 Å². The zero-order valence-electron chi connectivity index (χ0n) is 15.9. The fourth-order valence-corrected chi connectivity index (χ4v) is 6.24. The maximum atomic E-state index is 12.5. The third kappa shape index (κ3) is 4.49. The summed E-state index contributed by atoms with van der Waals surface area (Å²) in [5.74, 6) is -0.0359. The van der Waals surface area contributed by atoms with Crippen LogP contribution in [-0.2, 0) is 14.6 Å². The highest BCUT2D eigenvalue weighted by atomic mass is 35.5. The van der Waals surface area contributed by atoms with E-state index in [1.807, 2.05) is 48.7 Å². The molecule has 2 atom stereocenters. The van der Waals surface area contributed by atoms with Gasteiger partial charge in [-0.3, -0.25) is 4.79 Å². The Morgan fingerprint density at radius 3 is 2.66 bits per heavy atom. The zero-order chi connectivity index (χ0) is 20.4. The van der Waals surface area contributed by atoms with Gasteiger partial charge in [0.05, 0.1) is 11.5 Å². The van der Waals surface area contributed by atoms with Gasteiger partial charge in [-0.15, -0.1) is 0 Å². The minimum absolute atomic E-state index is 0.0909. The van der Waals surface area contributed by atoms with E-state index in [9.17, 15) is 13.2 Å². The van der Waals surface area contributed by atoms with E-state index in [4.69, 9.17) is 11.6 Å². The lowest BCUT2D eigenvalue weighted by Gasteiger charge is -2.20. The number of hydrogen-bond acceptors (Lipinski definition) is 3. The van der Waals surface area contributed by atoms with Gasteiger partial charge in [0.25, 0.3) is 0 Å². The standard InChI is InChI=1S/C22H23ClN2O3S/c23-20-7-3-1-5-16(20)18(19-12-24-21-8-4-2-6-17(19)21)13-25-22(26)11-15-9-10-29(27,28)14-15/h1-8,12,15,18,24H,9-11,13-14H2,(H,25,26). The van der Waals surface area contributed by atoms with Gasteiger partial charge in [-0.05, 0) is 35.6 Å². The van der Waals surface area contributed by atoms with E-state index < -0.39 is 9.84 Å². The van der Waals surface area contributed by atoms with Crippen molar-refractivity contribution in [2.45, 2.75) is 18.8 Å². The predicted molar refractivity (Wildman–Crippen MR) is 116 cm³/mol. The van der Waals surface area contributed by atoms with Crippen LogP contribution in [-0.4, -0.2) is 37.4 Å². The number of aromatic amines is 1. The number of halogens is 1. The molecule has 1 fully saturated rings. The van der Waals surface area contributed by atoms with Crippen molar-refractivity contribution in [1.29, 1.82) is 0 Å². The maximum Gasteiger partial charge on any atom is 0.220 e. The van der Waals surface area contributed by atoms with Crippen LogP contribution >= 0.6 is 11.6 Å². The largest absolute Gasteiger partial charge is 0.361 e. The highest BCUT2D eigenvalue weighted by molar-refractivity contribution is 7.91. The van der Waals surface area contributed by atoms with Crippen LogP contribution in [0.3, 0.4) is 0 Å². The van der Waals surface area contributed by atoms with Crippen molar-refractivity contribution in [3.05, 3.63) is 70.9 Å². The number of rotatable bonds is 6. The summed E-state index contributed by atoms with van der Waals surface area (Å²) in [7, 11) is -2.98. The van der Waals surface area contributed by atoms with Crippen LogP contribution in [0.1, 0.15) is 29.9 Å². The molecule has 152 valence electrons. The van der Waals surface area contributed by atoms with Crippen molar-refractivity contribution < 1.29 is 13.2 Å². The molecule has 1 saturated heterocycles. The molecule has 2 unspecified atom stereocenters. The molecule has 2 aromatic carbocycles. The van der Waals surface area contributed by atoms with Gasteiger partial charge in [-0.2, -0.15) is 0 Å². The minimum Gasteiger partial charge on any atom is -0.361 e. The number of hydrogen-bond donors (Lipinski definition) is 2. The summed E-state index contributed by atoms with van der Waals surface area (Å²) in [5.41, 5.74) is 3.04. The van der Waals surface area contributed by atoms with Crippen LogP contribution in [0.15, 0.2) is 54.7 Å². The number of carbonyl (C=O) groups is 1. The highest BCUT2D eigenvalue weighted by Crippen LogP contribution is 2.34. The molecule has 29 heavy (non-hydrogen) atoms. The van der Waals surface area contributed by atoms with E-state index in [0.717, 1.165) is 22.0 Å². The van der Waals surface area contributed by atoms with E-state index in [0.29, 0.717) is 18.0 Å². The second kappa shape index (κ2) is 8.20. The lowest BCUT2D eigenvalue weighted by Crippen LogP contribution is -2.30. The second-order valence-corrected chi connectivity index (χ2v) is 10.3. The lowest BCUT2D eigenvalue weighted by atomic mass is 9.90. The Labute approximate surface area is 175 Å². The molecule has 0 bridgehead atoms. The predicted octanol–water partition coefficient (Wildman–Crippen LogP) is 3.89. The molecule has 2 heterocycles. The summed E-state index contributed by atoms with van der Waals surface area (Å²) < 4.78 is 23.3. The molecular weight excluding hydrogens is 408 g/mol. The summed E-state index contributed by atoms with van der Waals surface area (Å²) >= 11 is 6.48. The Balaban J connectivity index is 1.55. The lowest BCUT2D eigenvalue weighted by molar-refractivity contribution is -0.121. The zero-order valence-corrected chi connectivity index (χ0v) is 17.5. The summed E-state index contributed by atoms with van der Waals surface area (Å²) in [6.45, 7) is 0.393. The van der Waals surface area contributed by atoms with Gasteiger partial charge < -0.3 is 10.3 Å². The molecule has 0 aliphatic carbocycles. The van der Waals surface area contributed by atoms with Crippen LogP contribution in [0, 0.1) is 5.92 Å². The maximum absolute atomic E-state index is 12.5. The SMILES string of the molecule is O=C(CC1CCS(=O)(=O)C1)NCC(c1ccccc1Cl)c1c[nH]c2ccccc12. The number of sulfone groups is 1. The number of carbonyl (C=O) groups excluding carboxylic acids is 1. The monoisotopic (exact) mass is 430 g/mol. The van der Waals surface area contributed by atoms with Gasteiger partial charge in [0.2, 0.25) is 5.91 Å². The van der Waals surface area contributed by atoms with Crippen LogP contribution in [0.25, 0.3) is 10.9 Å². The Morgan fingerprint density at radius 2 is 1.90 bits per heavy atom. The first kappa shape index (κ1) is 20.0. The Bertz CT molecular complexity index is 1140. The summed E-state index contributed by atoms with van der Waals surface area (Å²) in [6.07, 6.45) is 2.77. The summed E-state index contributed by atoms with van der Waals surface area (Å²) in [6, 6.07) is 15.7. The van der Waals surface area contributed by atoms with E-state index in [1.165, 1.54) is 0 Å². The molecule has 3 aromatic rings. The average molecular weight is 431 g/mol. The first-order valence-electron chi connectivity index (χ1n) is 9.70. The van der Waals surface area contributed by atoms with Gasteiger partial charge in [0.1, 0.15) is 0 Å². The molecule has 0 saturated carbocycles. The van der Waals surface area contributed by atoms with E-state index in [-0.39, 0.29) is 35.7 Å². The molecule has 1 aliphatic rings. The number of aromatic nitrogens is 1. The molecule has 5 nitrogen and oxygen atoms in total. The van der Waals surface area contributed by atoms with Crippen LogP contribution in [0.4, 0.5) is 0 Å². The van der Waals surface area contributed by atoms with Gasteiger partial charge in [-0.1, -0.05) is 48.0 Å². The molecular formula is C22H23ClN2O3S. The Kier molecular flexibility index (Phi) is 5.65. The summed E-state index contributed by atoms with van der Waals surface area (Å²) in [4.78, 5) is 15.8. The molecule has 0 radical (unpaired) electrons. The first-order chi connectivity index (χ1) is 13.9. The number of para-hydroxylation sites is 1. The number of benzene rings is 2. The van der Waals surface area contributed by atoms with Gasteiger partial charge in [-0.25, -0.2) is 8.42 Å². The van der Waals surface area contributed by atoms with Crippen LogP contribution in [0.2, 0.25) is 5.02 Å². The molecule has 7 heteroatoms. The van der Waals surface area contributed by atoms with Crippen LogP contribution < -0.4 is 5.32 Å². The number of H-pyrrole nitrogens is 1. The van der Waals surface area contributed by atoms with Crippen LogP contribution in [0.5, 0.6) is 0 Å². The molecule has 0 spiro atoms. The molecule has 1 aromatic heterocycles. The quantitative estimate of drug-likeness (QED) is 0.622. The van der Waals surface area contributed by atoms with E-state index >= 15 is 0 Å². The molecule has 1 amide bonds. The van der Waals surface area contributed by atoms with Gasteiger partial charge >= 0.3 is 0 Å². The third-order valence-electron chi connectivity index (χ3n) is 5.58. The second-order valence-electron chi connectivity index (χ2n) is 7.64. The van der Waals surface area contributed by atoms with Crippen molar-refractivity contribution in [3.63, 3.8) is 0 Å². The van der Waals surface area contributed by atoms with Crippen molar-refractivity contribution in [2.24, 2.45) is 5.92 Å². The smallest absolute Gasteiger partial charge is 0.220 e. The molecule has 1 aliphatic heterocycles. The van der Waals surface area contributed by atoms with E-state index in [2.05, 4.69) is 16.4 Å².